The standard InChI is InChI=1S/C37H69NO5S/c1-3-5-7-9-11-13-15-17-18-19-21-23-25-27-29-31-33-37(40)38-35(34-44(41,42)43)36(39)32-30-28-26-24-22-20-16-14-12-10-8-6-4-2/h12,14,22,24,30,32,35-36,39H,3-11,13,15-21,23,25-29,31,33-34H2,1-2H3,(H,38,40)(H,41,42,43)/b14-12+,24-22+,32-30+. The van der Waals surface area contributed by atoms with E-state index in [0.717, 1.165) is 44.9 Å². The Kier molecular flexibility index (Phi) is 30.5. The molecule has 258 valence electrons. The quantitative estimate of drug-likeness (QED) is 0.0386. The fourth-order valence-corrected chi connectivity index (χ4v) is 6.04. The smallest absolute Gasteiger partial charge is 0.267 e. The van der Waals surface area contributed by atoms with Crippen LogP contribution in [0.15, 0.2) is 36.5 Å². The summed E-state index contributed by atoms with van der Waals surface area (Å²) in [5.41, 5.74) is 0. The lowest BCUT2D eigenvalue weighted by molar-refractivity contribution is -0.122. The van der Waals surface area contributed by atoms with E-state index < -0.39 is 28.0 Å². The molecule has 0 aromatic carbocycles. The Bertz CT molecular complexity index is 837. The second-order valence-corrected chi connectivity index (χ2v) is 14.0. The Morgan fingerprint density at radius 2 is 0.977 bits per heavy atom. The average molecular weight is 640 g/mol. The number of amides is 1. The molecule has 0 saturated heterocycles. The molecule has 0 aliphatic carbocycles. The molecule has 2 unspecified atom stereocenters. The van der Waals surface area contributed by atoms with E-state index in [1.165, 1.54) is 109 Å². The van der Waals surface area contributed by atoms with Crippen molar-refractivity contribution >= 4 is 16.0 Å². The Balaban J connectivity index is 4.03. The zero-order valence-corrected chi connectivity index (χ0v) is 29.3. The molecule has 6 nitrogen and oxygen atoms in total. The Morgan fingerprint density at radius 3 is 1.43 bits per heavy atom. The van der Waals surface area contributed by atoms with Gasteiger partial charge in [0.15, 0.2) is 0 Å². The van der Waals surface area contributed by atoms with Crippen molar-refractivity contribution in [1.82, 2.24) is 5.32 Å². The number of carbonyl (C=O) groups excluding carboxylic acids is 1. The Hall–Kier alpha value is -1.44. The van der Waals surface area contributed by atoms with Crippen molar-refractivity contribution in [2.24, 2.45) is 0 Å². The molecule has 0 aromatic heterocycles. The summed E-state index contributed by atoms with van der Waals surface area (Å²) in [6, 6.07) is -1.07. The number of hydrogen-bond acceptors (Lipinski definition) is 4. The van der Waals surface area contributed by atoms with Gasteiger partial charge in [-0.05, 0) is 44.9 Å². The first-order valence-corrected chi connectivity index (χ1v) is 19.8. The zero-order valence-electron chi connectivity index (χ0n) is 28.5. The maximum absolute atomic E-state index is 12.4. The van der Waals surface area contributed by atoms with Crippen molar-refractivity contribution in [3.8, 4) is 0 Å². The van der Waals surface area contributed by atoms with E-state index in [9.17, 15) is 22.9 Å². The van der Waals surface area contributed by atoms with Gasteiger partial charge in [-0.1, -0.05) is 159 Å². The highest BCUT2D eigenvalue weighted by molar-refractivity contribution is 7.85. The third-order valence-corrected chi connectivity index (χ3v) is 8.83. The summed E-state index contributed by atoms with van der Waals surface area (Å²) in [7, 11) is -4.35. The number of hydrogen-bond donors (Lipinski definition) is 3. The number of rotatable bonds is 32. The Morgan fingerprint density at radius 1 is 0.591 bits per heavy atom. The van der Waals surface area contributed by atoms with E-state index in [1.807, 2.05) is 0 Å². The number of unbranched alkanes of at least 4 members (excludes halogenated alkanes) is 20. The van der Waals surface area contributed by atoms with Crippen LogP contribution in [-0.4, -0.2) is 41.9 Å². The SMILES string of the molecule is CCCCC/C=C/CC/C=C/CC/C=C/C(O)C(CS(=O)(=O)O)NC(=O)CCCCCCCCCCCCCCCCCC. The lowest BCUT2D eigenvalue weighted by atomic mass is 10.0. The van der Waals surface area contributed by atoms with E-state index in [0.29, 0.717) is 6.42 Å². The van der Waals surface area contributed by atoms with Gasteiger partial charge in [0.1, 0.15) is 0 Å². The summed E-state index contributed by atoms with van der Waals surface area (Å²) >= 11 is 0. The number of nitrogens with one attached hydrogen (secondary N) is 1. The van der Waals surface area contributed by atoms with Crippen LogP contribution in [-0.2, 0) is 14.9 Å². The van der Waals surface area contributed by atoms with Crippen molar-refractivity contribution in [3.63, 3.8) is 0 Å². The molecule has 0 radical (unpaired) electrons. The second kappa shape index (κ2) is 31.5. The van der Waals surface area contributed by atoms with Crippen molar-refractivity contribution in [2.45, 2.75) is 187 Å². The molecule has 0 aliphatic heterocycles. The van der Waals surface area contributed by atoms with E-state index in [1.54, 1.807) is 6.08 Å². The second-order valence-electron chi connectivity index (χ2n) is 12.5. The molecular weight excluding hydrogens is 570 g/mol. The van der Waals surface area contributed by atoms with Crippen LogP contribution >= 0.6 is 0 Å². The third kappa shape index (κ3) is 32.0. The molecule has 3 N–H and O–H groups in total. The van der Waals surface area contributed by atoms with Crippen molar-refractivity contribution < 1.29 is 22.9 Å². The number of carbonyl (C=O) groups is 1. The molecule has 0 aliphatic rings. The van der Waals surface area contributed by atoms with Crippen molar-refractivity contribution in [3.05, 3.63) is 36.5 Å². The van der Waals surface area contributed by atoms with Crippen molar-refractivity contribution in [1.29, 1.82) is 0 Å². The highest BCUT2D eigenvalue weighted by atomic mass is 32.2. The molecule has 44 heavy (non-hydrogen) atoms. The molecule has 0 heterocycles. The summed E-state index contributed by atoms with van der Waals surface area (Å²) in [6.07, 6.45) is 39.8. The number of aliphatic hydroxyl groups excluding tert-OH is 1. The largest absolute Gasteiger partial charge is 0.387 e. The molecule has 0 spiro atoms. The van der Waals surface area contributed by atoms with Gasteiger partial charge < -0.3 is 10.4 Å². The first-order chi connectivity index (χ1) is 21.3. The fraction of sp³-hybridized carbons (Fsp3) is 0.811. The summed E-state index contributed by atoms with van der Waals surface area (Å²) < 4.78 is 32.3. The molecular formula is C37H69NO5S. The monoisotopic (exact) mass is 639 g/mol. The summed E-state index contributed by atoms with van der Waals surface area (Å²) in [6.45, 7) is 4.47. The minimum absolute atomic E-state index is 0.287. The van der Waals surface area contributed by atoms with Gasteiger partial charge in [-0.15, -0.1) is 0 Å². The van der Waals surface area contributed by atoms with Gasteiger partial charge in [-0.2, -0.15) is 8.42 Å². The van der Waals surface area contributed by atoms with E-state index >= 15 is 0 Å². The zero-order chi connectivity index (χ0) is 32.6. The molecule has 0 rings (SSSR count). The molecule has 1 amide bonds. The third-order valence-electron chi connectivity index (χ3n) is 8.05. The molecule has 7 heteroatoms. The first kappa shape index (κ1) is 42.6. The highest BCUT2D eigenvalue weighted by Gasteiger charge is 2.24. The maximum atomic E-state index is 12.4. The summed E-state index contributed by atoms with van der Waals surface area (Å²) in [5.74, 6) is -1.01. The van der Waals surface area contributed by atoms with E-state index in [-0.39, 0.29) is 12.3 Å². The minimum Gasteiger partial charge on any atom is -0.387 e. The van der Waals surface area contributed by atoms with Crippen molar-refractivity contribution in [2.75, 3.05) is 5.75 Å². The fourth-order valence-electron chi connectivity index (χ4n) is 5.30. The van der Waals surface area contributed by atoms with E-state index in [2.05, 4.69) is 43.5 Å². The van der Waals surface area contributed by atoms with Gasteiger partial charge in [0.2, 0.25) is 5.91 Å². The molecule has 0 fully saturated rings. The van der Waals surface area contributed by atoms with Crippen LogP contribution in [0.5, 0.6) is 0 Å². The number of allylic oxidation sites excluding steroid dienone is 5. The van der Waals surface area contributed by atoms with Gasteiger partial charge >= 0.3 is 0 Å². The van der Waals surface area contributed by atoms with Gasteiger partial charge in [-0.3, -0.25) is 9.35 Å². The predicted molar refractivity (Wildman–Crippen MR) is 189 cm³/mol. The van der Waals surface area contributed by atoms with Crippen LogP contribution in [0.3, 0.4) is 0 Å². The van der Waals surface area contributed by atoms with Crippen LogP contribution in [0.25, 0.3) is 0 Å². The van der Waals surface area contributed by atoms with Gasteiger partial charge in [0, 0.05) is 6.42 Å². The van der Waals surface area contributed by atoms with Gasteiger partial charge in [0.05, 0.1) is 17.9 Å². The molecule has 2 atom stereocenters. The molecule has 0 bridgehead atoms. The van der Waals surface area contributed by atoms with Crippen LogP contribution in [0.4, 0.5) is 0 Å². The van der Waals surface area contributed by atoms with Crippen LogP contribution < -0.4 is 5.32 Å². The van der Waals surface area contributed by atoms with E-state index in [4.69, 9.17) is 0 Å². The van der Waals surface area contributed by atoms with Crippen LogP contribution in [0.2, 0.25) is 0 Å². The average Bonchev–Trinajstić information content (AvgIpc) is 2.98. The summed E-state index contributed by atoms with van der Waals surface area (Å²) in [5, 5.41) is 13.1. The number of aliphatic hydroxyl groups is 1. The molecule has 0 saturated carbocycles. The lowest BCUT2D eigenvalue weighted by Crippen LogP contribution is -2.46. The van der Waals surface area contributed by atoms with Crippen LogP contribution in [0, 0.1) is 0 Å². The minimum atomic E-state index is -4.35. The van der Waals surface area contributed by atoms with Crippen LogP contribution in [0.1, 0.15) is 174 Å². The normalized spacial score (nSPS) is 13.8. The predicted octanol–water partition coefficient (Wildman–Crippen LogP) is 10.2. The van der Waals surface area contributed by atoms with Gasteiger partial charge in [0.25, 0.3) is 10.1 Å². The molecule has 0 aromatic rings. The first-order valence-electron chi connectivity index (χ1n) is 18.2. The Labute approximate surface area is 272 Å². The topological polar surface area (TPSA) is 104 Å². The maximum Gasteiger partial charge on any atom is 0.267 e. The lowest BCUT2D eigenvalue weighted by Gasteiger charge is -2.21. The van der Waals surface area contributed by atoms with Gasteiger partial charge in [-0.25, -0.2) is 0 Å². The highest BCUT2D eigenvalue weighted by Crippen LogP contribution is 2.14. The summed E-state index contributed by atoms with van der Waals surface area (Å²) in [4.78, 5) is 12.4.